The van der Waals surface area contributed by atoms with E-state index in [1.165, 1.54) is 12.8 Å². The highest BCUT2D eigenvalue weighted by Crippen LogP contribution is 2.35. The van der Waals surface area contributed by atoms with E-state index in [0.29, 0.717) is 24.3 Å². The Balaban J connectivity index is 1.42. The Morgan fingerprint density at radius 2 is 2.11 bits per heavy atom. The minimum atomic E-state index is -0.0574. The lowest BCUT2D eigenvalue weighted by atomic mass is 9.75. The van der Waals surface area contributed by atoms with Crippen LogP contribution >= 0.6 is 0 Å². The van der Waals surface area contributed by atoms with E-state index in [9.17, 15) is 4.79 Å². The topological polar surface area (TPSA) is 63.7 Å². The normalized spacial score (nSPS) is 25.7. The van der Waals surface area contributed by atoms with Crippen molar-refractivity contribution < 1.29 is 14.3 Å². The number of morpholine rings is 1. The molecule has 1 aliphatic heterocycles. The zero-order chi connectivity index (χ0) is 19.9. The van der Waals surface area contributed by atoms with Crippen LogP contribution in [-0.2, 0) is 20.8 Å². The summed E-state index contributed by atoms with van der Waals surface area (Å²) in [6.07, 6.45) is 5.56. The van der Waals surface area contributed by atoms with Crippen LogP contribution in [0, 0.1) is 17.8 Å². The molecule has 1 aromatic rings. The van der Waals surface area contributed by atoms with Gasteiger partial charge in [-0.2, -0.15) is 0 Å². The average Bonchev–Trinajstić information content (AvgIpc) is 2.71. The SMILES string of the molecule is CC(C)[C@H]1CC[C@@H](C)C[C@@H]1OCC(=O)NCc1ccc(N2CCOCC2)nc1. The summed E-state index contributed by atoms with van der Waals surface area (Å²) in [6, 6.07) is 4.04. The first-order chi connectivity index (χ1) is 13.5. The molecule has 0 bridgehead atoms. The maximum absolute atomic E-state index is 12.3. The number of rotatable bonds is 7. The summed E-state index contributed by atoms with van der Waals surface area (Å²) in [5.74, 6) is 2.74. The second-order valence-corrected chi connectivity index (χ2v) is 8.58. The molecule has 1 saturated carbocycles. The molecule has 1 aromatic heterocycles. The van der Waals surface area contributed by atoms with Crippen molar-refractivity contribution in [3.8, 4) is 0 Å². The van der Waals surface area contributed by atoms with E-state index in [4.69, 9.17) is 9.47 Å². The van der Waals surface area contributed by atoms with Crippen molar-refractivity contribution in [1.82, 2.24) is 10.3 Å². The zero-order valence-corrected chi connectivity index (χ0v) is 17.5. The quantitative estimate of drug-likeness (QED) is 0.777. The number of nitrogens with one attached hydrogen (secondary N) is 1. The number of carbonyl (C=O) groups is 1. The van der Waals surface area contributed by atoms with Crippen LogP contribution in [0.15, 0.2) is 18.3 Å². The maximum Gasteiger partial charge on any atom is 0.246 e. The molecule has 1 amide bonds. The molecule has 0 unspecified atom stereocenters. The van der Waals surface area contributed by atoms with Gasteiger partial charge in [-0.3, -0.25) is 4.79 Å². The van der Waals surface area contributed by atoms with Crippen LogP contribution in [0.3, 0.4) is 0 Å². The molecule has 1 saturated heterocycles. The second kappa shape index (κ2) is 10.2. The second-order valence-electron chi connectivity index (χ2n) is 8.58. The van der Waals surface area contributed by atoms with Gasteiger partial charge in [-0.15, -0.1) is 0 Å². The van der Waals surface area contributed by atoms with E-state index in [2.05, 4.69) is 36.0 Å². The van der Waals surface area contributed by atoms with Gasteiger partial charge in [0, 0.05) is 25.8 Å². The van der Waals surface area contributed by atoms with E-state index in [1.54, 1.807) is 0 Å². The van der Waals surface area contributed by atoms with Crippen molar-refractivity contribution in [2.45, 2.75) is 52.7 Å². The Labute approximate surface area is 169 Å². The predicted molar refractivity (Wildman–Crippen MR) is 110 cm³/mol. The molecule has 6 heteroatoms. The van der Waals surface area contributed by atoms with Gasteiger partial charge in [0.15, 0.2) is 0 Å². The van der Waals surface area contributed by atoms with Gasteiger partial charge in [-0.25, -0.2) is 4.98 Å². The number of nitrogens with zero attached hydrogens (tertiary/aromatic N) is 2. The molecular formula is C22H35N3O3. The average molecular weight is 390 g/mol. The molecule has 0 spiro atoms. The number of amides is 1. The van der Waals surface area contributed by atoms with Gasteiger partial charge < -0.3 is 19.7 Å². The van der Waals surface area contributed by atoms with E-state index in [1.807, 2.05) is 18.3 Å². The Kier molecular flexibility index (Phi) is 7.68. The maximum atomic E-state index is 12.3. The first-order valence-corrected chi connectivity index (χ1v) is 10.7. The summed E-state index contributed by atoms with van der Waals surface area (Å²) in [7, 11) is 0. The van der Waals surface area contributed by atoms with Gasteiger partial charge >= 0.3 is 0 Å². The third-order valence-corrected chi connectivity index (χ3v) is 6.02. The fraction of sp³-hybridized carbons (Fsp3) is 0.727. The predicted octanol–water partition coefficient (Wildman–Crippen LogP) is 3.01. The monoisotopic (exact) mass is 389 g/mol. The lowest BCUT2D eigenvalue weighted by Gasteiger charge is -2.37. The summed E-state index contributed by atoms with van der Waals surface area (Å²) < 4.78 is 11.4. The highest BCUT2D eigenvalue weighted by Gasteiger charge is 2.31. The summed E-state index contributed by atoms with van der Waals surface area (Å²) in [5.41, 5.74) is 0.997. The first-order valence-electron chi connectivity index (χ1n) is 10.7. The Morgan fingerprint density at radius 1 is 1.32 bits per heavy atom. The number of hydrogen-bond acceptors (Lipinski definition) is 5. The third-order valence-electron chi connectivity index (χ3n) is 6.02. The van der Waals surface area contributed by atoms with E-state index < -0.39 is 0 Å². The number of hydrogen-bond donors (Lipinski definition) is 1. The number of pyridine rings is 1. The molecule has 0 radical (unpaired) electrons. The number of anilines is 1. The molecule has 2 heterocycles. The Bertz CT molecular complexity index is 614. The molecule has 3 rings (SSSR count). The molecule has 0 aromatic carbocycles. The van der Waals surface area contributed by atoms with E-state index in [0.717, 1.165) is 44.1 Å². The van der Waals surface area contributed by atoms with Crippen LogP contribution in [0.2, 0.25) is 0 Å². The van der Waals surface area contributed by atoms with Crippen LogP contribution in [0.4, 0.5) is 5.82 Å². The summed E-state index contributed by atoms with van der Waals surface area (Å²) in [4.78, 5) is 19.0. The van der Waals surface area contributed by atoms with Gasteiger partial charge in [0.1, 0.15) is 12.4 Å². The first kappa shape index (κ1) is 21.1. The largest absolute Gasteiger partial charge is 0.378 e. The fourth-order valence-corrected chi connectivity index (χ4v) is 4.24. The molecule has 28 heavy (non-hydrogen) atoms. The van der Waals surface area contributed by atoms with Gasteiger partial charge in [-0.05, 0) is 42.2 Å². The van der Waals surface area contributed by atoms with Crippen LogP contribution < -0.4 is 10.2 Å². The molecule has 1 N–H and O–H groups in total. The number of ether oxygens (including phenoxy) is 2. The minimum Gasteiger partial charge on any atom is -0.378 e. The summed E-state index contributed by atoms with van der Waals surface area (Å²) in [6.45, 7) is 10.6. The molecule has 6 nitrogen and oxygen atoms in total. The highest BCUT2D eigenvalue weighted by atomic mass is 16.5. The van der Waals surface area contributed by atoms with Crippen molar-refractivity contribution in [3.05, 3.63) is 23.9 Å². The van der Waals surface area contributed by atoms with Gasteiger partial charge in [-0.1, -0.05) is 33.3 Å². The van der Waals surface area contributed by atoms with Gasteiger partial charge in [0.2, 0.25) is 5.91 Å². The van der Waals surface area contributed by atoms with Crippen LogP contribution in [0.25, 0.3) is 0 Å². The van der Waals surface area contributed by atoms with Gasteiger partial charge in [0.05, 0.1) is 19.3 Å². The van der Waals surface area contributed by atoms with Crippen molar-refractivity contribution >= 4 is 11.7 Å². The van der Waals surface area contributed by atoms with Crippen molar-refractivity contribution in [1.29, 1.82) is 0 Å². The zero-order valence-electron chi connectivity index (χ0n) is 17.5. The summed E-state index contributed by atoms with van der Waals surface area (Å²) >= 11 is 0. The Hall–Kier alpha value is -1.66. The van der Waals surface area contributed by atoms with Crippen molar-refractivity contribution in [2.24, 2.45) is 17.8 Å². The fourth-order valence-electron chi connectivity index (χ4n) is 4.24. The molecule has 2 aliphatic rings. The van der Waals surface area contributed by atoms with Gasteiger partial charge in [0.25, 0.3) is 0 Å². The molecule has 1 aliphatic carbocycles. The van der Waals surface area contributed by atoms with E-state index in [-0.39, 0.29) is 18.6 Å². The lowest BCUT2D eigenvalue weighted by molar-refractivity contribution is -0.131. The smallest absolute Gasteiger partial charge is 0.246 e. The number of carbonyl (C=O) groups excluding carboxylic acids is 1. The highest BCUT2D eigenvalue weighted by molar-refractivity contribution is 5.77. The molecule has 156 valence electrons. The van der Waals surface area contributed by atoms with Crippen molar-refractivity contribution in [2.75, 3.05) is 37.8 Å². The van der Waals surface area contributed by atoms with Crippen LogP contribution in [-0.4, -0.2) is 49.9 Å². The molecule has 3 atom stereocenters. The molecular weight excluding hydrogens is 354 g/mol. The van der Waals surface area contributed by atoms with Crippen LogP contribution in [0.5, 0.6) is 0 Å². The third kappa shape index (κ3) is 5.92. The lowest BCUT2D eigenvalue weighted by Crippen LogP contribution is -2.37. The van der Waals surface area contributed by atoms with E-state index >= 15 is 0 Å². The summed E-state index contributed by atoms with van der Waals surface area (Å²) in [5, 5.41) is 2.96. The van der Waals surface area contributed by atoms with Crippen LogP contribution in [0.1, 0.15) is 45.6 Å². The minimum absolute atomic E-state index is 0.0574. The Morgan fingerprint density at radius 3 is 2.79 bits per heavy atom. The van der Waals surface area contributed by atoms with Crippen molar-refractivity contribution in [3.63, 3.8) is 0 Å². The molecule has 2 fully saturated rings. The number of aromatic nitrogens is 1. The standard InChI is InChI=1S/C22H35N3O3/c1-16(2)19-6-4-17(3)12-20(19)28-15-22(26)24-14-18-5-7-21(23-13-18)25-8-10-27-11-9-25/h5,7,13,16-17,19-20H,4,6,8-12,14-15H2,1-3H3,(H,24,26)/t17-,19-,20+/m1/s1.